The number of primary amides is 1. The van der Waals surface area contributed by atoms with E-state index in [2.05, 4.69) is 22.3 Å². The van der Waals surface area contributed by atoms with Crippen LogP contribution >= 0.6 is 0 Å². The van der Waals surface area contributed by atoms with Crippen molar-refractivity contribution in [3.8, 4) is 0 Å². The molecule has 1 atom stereocenters. The number of fused-ring (bicyclic) bond motifs is 1. The van der Waals surface area contributed by atoms with Gasteiger partial charge in [0.15, 0.2) is 0 Å². The number of aryl methyl sites for hydroxylation is 1. The summed E-state index contributed by atoms with van der Waals surface area (Å²) >= 11 is 0. The number of pyridine rings is 1. The number of piperidine rings is 1. The molecule has 1 fully saturated rings. The van der Waals surface area contributed by atoms with E-state index >= 15 is 0 Å². The highest BCUT2D eigenvalue weighted by atomic mass is 16.1. The van der Waals surface area contributed by atoms with Crippen molar-refractivity contribution in [3.05, 3.63) is 65.0 Å². The molecule has 1 unspecified atom stereocenters. The lowest BCUT2D eigenvalue weighted by atomic mass is 9.88. The van der Waals surface area contributed by atoms with Gasteiger partial charge in [-0.3, -0.25) is 14.7 Å². The molecule has 0 bridgehead atoms. The SMILES string of the molecule is NC(=O)c1ccc(CN(C2CCNCC2)C2CCCc3cccnc32)cc1. The number of nitrogens with two attached hydrogens (primary N) is 1. The Morgan fingerprint density at radius 3 is 2.67 bits per heavy atom. The predicted octanol–water partition coefficient (Wildman–Crippen LogP) is 2.81. The largest absolute Gasteiger partial charge is 0.366 e. The minimum Gasteiger partial charge on any atom is -0.366 e. The van der Waals surface area contributed by atoms with Gasteiger partial charge in [0, 0.05) is 24.3 Å². The molecule has 2 aliphatic rings. The first-order valence-electron chi connectivity index (χ1n) is 10.0. The van der Waals surface area contributed by atoms with Gasteiger partial charge in [0.2, 0.25) is 5.91 Å². The molecule has 1 aromatic heterocycles. The summed E-state index contributed by atoms with van der Waals surface area (Å²) in [6.45, 7) is 3.03. The first kappa shape index (κ1) is 18.1. The second kappa shape index (κ2) is 8.19. The van der Waals surface area contributed by atoms with Crippen molar-refractivity contribution in [2.75, 3.05) is 13.1 Å². The molecule has 4 rings (SSSR count). The first-order valence-corrected chi connectivity index (χ1v) is 10.0. The van der Waals surface area contributed by atoms with E-state index in [0.717, 1.165) is 45.3 Å². The number of rotatable bonds is 5. The zero-order valence-electron chi connectivity index (χ0n) is 15.7. The number of nitrogens with zero attached hydrogens (tertiary/aromatic N) is 2. The molecule has 1 aliphatic heterocycles. The maximum atomic E-state index is 11.4. The normalized spacial score (nSPS) is 20.4. The Balaban J connectivity index is 1.62. The van der Waals surface area contributed by atoms with Crippen molar-refractivity contribution in [1.82, 2.24) is 15.2 Å². The topological polar surface area (TPSA) is 71.2 Å². The Labute approximate surface area is 161 Å². The molecule has 1 aliphatic carbocycles. The molecule has 3 N–H and O–H groups in total. The summed E-state index contributed by atoms with van der Waals surface area (Å²) in [6, 6.07) is 13.0. The third-order valence-electron chi connectivity index (χ3n) is 5.95. The van der Waals surface area contributed by atoms with Crippen LogP contribution in [0.15, 0.2) is 42.6 Å². The van der Waals surface area contributed by atoms with Crippen LogP contribution in [0.3, 0.4) is 0 Å². The van der Waals surface area contributed by atoms with Crippen molar-refractivity contribution < 1.29 is 4.79 Å². The Morgan fingerprint density at radius 1 is 1.15 bits per heavy atom. The summed E-state index contributed by atoms with van der Waals surface area (Å²) in [5.74, 6) is -0.373. The molecule has 142 valence electrons. The van der Waals surface area contributed by atoms with Crippen LogP contribution in [-0.2, 0) is 13.0 Å². The molecule has 1 aromatic carbocycles. The standard InChI is InChI=1S/C22H28N4O/c23-22(27)18-8-6-16(7-9-18)15-26(19-10-13-24-14-11-19)20-5-1-3-17-4-2-12-25-21(17)20/h2,4,6-9,12,19-20,24H,1,3,5,10-11,13-15H2,(H2,23,27). The summed E-state index contributed by atoms with van der Waals surface area (Å²) in [5.41, 5.74) is 9.84. The second-order valence-electron chi connectivity index (χ2n) is 7.67. The number of hydrogen-bond acceptors (Lipinski definition) is 4. The van der Waals surface area contributed by atoms with Crippen LogP contribution in [0.4, 0.5) is 0 Å². The maximum Gasteiger partial charge on any atom is 0.248 e. The highest BCUT2D eigenvalue weighted by Crippen LogP contribution is 2.36. The molecular formula is C22H28N4O. The molecule has 2 heterocycles. The molecule has 2 aromatic rings. The minimum atomic E-state index is -0.373. The zero-order chi connectivity index (χ0) is 18.6. The molecule has 0 radical (unpaired) electrons. The van der Waals surface area contributed by atoms with Crippen LogP contribution in [0.1, 0.15) is 58.9 Å². The predicted molar refractivity (Wildman–Crippen MR) is 106 cm³/mol. The number of hydrogen-bond donors (Lipinski definition) is 2. The molecule has 1 amide bonds. The zero-order valence-corrected chi connectivity index (χ0v) is 15.7. The third-order valence-corrected chi connectivity index (χ3v) is 5.95. The summed E-state index contributed by atoms with van der Waals surface area (Å²) in [6.07, 6.45) is 7.77. The van der Waals surface area contributed by atoms with E-state index in [-0.39, 0.29) is 5.91 Å². The average Bonchev–Trinajstić information content (AvgIpc) is 2.73. The summed E-state index contributed by atoms with van der Waals surface area (Å²) in [5, 5.41) is 3.48. The van der Waals surface area contributed by atoms with Gasteiger partial charge < -0.3 is 11.1 Å². The van der Waals surface area contributed by atoms with Gasteiger partial charge in [0.1, 0.15) is 0 Å². The highest BCUT2D eigenvalue weighted by Gasteiger charge is 2.32. The smallest absolute Gasteiger partial charge is 0.248 e. The Kier molecular flexibility index (Phi) is 5.50. The molecule has 5 heteroatoms. The van der Waals surface area contributed by atoms with Crippen LogP contribution < -0.4 is 11.1 Å². The number of benzene rings is 1. The number of carbonyl (C=O) groups excluding carboxylic acids is 1. The third kappa shape index (κ3) is 4.04. The van der Waals surface area contributed by atoms with E-state index in [1.807, 2.05) is 30.5 Å². The summed E-state index contributed by atoms with van der Waals surface area (Å²) in [7, 11) is 0. The van der Waals surface area contributed by atoms with E-state index < -0.39 is 0 Å². The molecule has 1 saturated heterocycles. The number of carbonyl (C=O) groups is 1. The van der Waals surface area contributed by atoms with Crippen molar-refractivity contribution >= 4 is 5.91 Å². The van der Waals surface area contributed by atoms with Crippen LogP contribution in [0.25, 0.3) is 0 Å². The van der Waals surface area contributed by atoms with Gasteiger partial charge in [-0.25, -0.2) is 0 Å². The van der Waals surface area contributed by atoms with E-state index in [0.29, 0.717) is 17.6 Å². The summed E-state index contributed by atoms with van der Waals surface area (Å²) < 4.78 is 0. The van der Waals surface area contributed by atoms with Gasteiger partial charge in [-0.05, 0) is 74.5 Å². The summed E-state index contributed by atoms with van der Waals surface area (Å²) in [4.78, 5) is 18.8. The van der Waals surface area contributed by atoms with Crippen LogP contribution in [0.2, 0.25) is 0 Å². The first-order chi connectivity index (χ1) is 13.2. The van der Waals surface area contributed by atoms with Crippen molar-refractivity contribution in [1.29, 1.82) is 0 Å². The lowest BCUT2D eigenvalue weighted by Gasteiger charge is -2.42. The second-order valence-corrected chi connectivity index (χ2v) is 7.67. The van der Waals surface area contributed by atoms with Gasteiger partial charge >= 0.3 is 0 Å². The monoisotopic (exact) mass is 364 g/mol. The van der Waals surface area contributed by atoms with Crippen LogP contribution in [-0.4, -0.2) is 34.9 Å². The van der Waals surface area contributed by atoms with Gasteiger partial charge in [0.25, 0.3) is 0 Å². The average molecular weight is 364 g/mol. The van der Waals surface area contributed by atoms with Crippen LogP contribution in [0.5, 0.6) is 0 Å². The fourth-order valence-electron chi connectivity index (χ4n) is 4.53. The van der Waals surface area contributed by atoms with E-state index in [4.69, 9.17) is 10.7 Å². The van der Waals surface area contributed by atoms with E-state index in [1.54, 1.807) is 0 Å². The number of aromatic nitrogens is 1. The maximum absolute atomic E-state index is 11.4. The minimum absolute atomic E-state index is 0.369. The molecule has 0 spiro atoms. The van der Waals surface area contributed by atoms with Gasteiger partial charge in [-0.1, -0.05) is 18.2 Å². The highest BCUT2D eigenvalue weighted by molar-refractivity contribution is 5.92. The Bertz CT molecular complexity index is 783. The number of nitrogens with one attached hydrogen (secondary N) is 1. The Morgan fingerprint density at radius 2 is 1.93 bits per heavy atom. The van der Waals surface area contributed by atoms with E-state index in [9.17, 15) is 4.79 Å². The van der Waals surface area contributed by atoms with Gasteiger partial charge in [-0.2, -0.15) is 0 Å². The van der Waals surface area contributed by atoms with Crippen molar-refractivity contribution in [2.45, 2.75) is 50.7 Å². The Hall–Kier alpha value is -2.24. The van der Waals surface area contributed by atoms with Crippen molar-refractivity contribution in [3.63, 3.8) is 0 Å². The van der Waals surface area contributed by atoms with Gasteiger partial charge in [0.05, 0.1) is 11.7 Å². The molecule has 5 nitrogen and oxygen atoms in total. The van der Waals surface area contributed by atoms with Crippen LogP contribution in [0, 0.1) is 0 Å². The lowest BCUT2D eigenvalue weighted by Crippen LogP contribution is -2.45. The lowest BCUT2D eigenvalue weighted by molar-refractivity contribution is 0.0861. The van der Waals surface area contributed by atoms with Crippen molar-refractivity contribution in [2.24, 2.45) is 5.73 Å². The van der Waals surface area contributed by atoms with Gasteiger partial charge in [-0.15, -0.1) is 0 Å². The number of amides is 1. The molecular weight excluding hydrogens is 336 g/mol. The fraction of sp³-hybridized carbons (Fsp3) is 0.455. The fourth-order valence-corrected chi connectivity index (χ4v) is 4.53. The molecule has 27 heavy (non-hydrogen) atoms. The molecule has 0 saturated carbocycles. The van der Waals surface area contributed by atoms with E-state index in [1.165, 1.54) is 23.2 Å². The quantitative estimate of drug-likeness (QED) is 0.856.